The summed E-state index contributed by atoms with van der Waals surface area (Å²) in [4.78, 5) is 24.4. The number of carbonyl (C=O) groups is 2. The summed E-state index contributed by atoms with van der Waals surface area (Å²) in [5, 5.41) is 0. The van der Waals surface area contributed by atoms with E-state index in [4.69, 9.17) is 14.2 Å². The second kappa shape index (κ2) is 4.17. The largest absolute Gasteiger partial charge is 0.469 e. The summed E-state index contributed by atoms with van der Waals surface area (Å²) in [5.74, 6) is -2.57. The molecular weight excluding hydrogens is 236 g/mol. The summed E-state index contributed by atoms with van der Waals surface area (Å²) >= 11 is 0. The summed E-state index contributed by atoms with van der Waals surface area (Å²) in [7, 11) is 4.24. The van der Waals surface area contributed by atoms with Gasteiger partial charge in [-0.1, -0.05) is 12.2 Å². The van der Waals surface area contributed by atoms with E-state index in [2.05, 4.69) is 0 Å². The number of ether oxygens (including phenoxy) is 3. The molecule has 0 radical (unpaired) electrons. The number of ketones is 1. The molecule has 1 fully saturated rings. The van der Waals surface area contributed by atoms with Crippen LogP contribution in [0.2, 0.25) is 0 Å². The molecule has 0 aromatic heterocycles. The van der Waals surface area contributed by atoms with Crippen LogP contribution in [0.4, 0.5) is 0 Å². The van der Waals surface area contributed by atoms with Crippen LogP contribution in [0.1, 0.15) is 13.3 Å². The third-order valence-corrected chi connectivity index (χ3v) is 4.27. The fourth-order valence-corrected chi connectivity index (χ4v) is 3.12. The summed E-state index contributed by atoms with van der Waals surface area (Å²) in [6.45, 7) is 1.73. The first kappa shape index (κ1) is 13.2. The molecule has 1 saturated carbocycles. The lowest BCUT2D eigenvalue weighted by molar-refractivity contribution is -0.247. The molecule has 0 heterocycles. The number of rotatable bonds is 3. The van der Waals surface area contributed by atoms with E-state index in [-0.39, 0.29) is 17.7 Å². The number of Topliss-reactive ketones (excluding diaryl/α,β-unsaturated/α-hetero) is 1. The van der Waals surface area contributed by atoms with Gasteiger partial charge in [0.05, 0.1) is 18.4 Å². The first-order chi connectivity index (χ1) is 8.46. The first-order valence-electron chi connectivity index (χ1n) is 5.88. The van der Waals surface area contributed by atoms with E-state index in [1.165, 1.54) is 21.3 Å². The third-order valence-electron chi connectivity index (χ3n) is 4.27. The second-order valence-corrected chi connectivity index (χ2v) is 4.96. The van der Waals surface area contributed by atoms with E-state index in [1.54, 1.807) is 13.0 Å². The molecule has 0 aliphatic heterocycles. The summed E-state index contributed by atoms with van der Waals surface area (Å²) < 4.78 is 15.4. The zero-order valence-electron chi connectivity index (χ0n) is 11.1. The predicted molar refractivity (Wildman–Crippen MR) is 62.6 cm³/mol. The highest BCUT2D eigenvalue weighted by atomic mass is 16.7. The lowest BCUT2D eigenvalue weighted by Crippen LogP contribution is -2.64. The molecule has 5 nitrogen and oxygen atoms in total. The van der Waals surface area contributed by atoms with Crippen molar-refractivity contribution in [1.82, 2.24) is 0 Å². The normalized spacial score (nSPS) is 36.8. The van der Waals surface area contributed by atoms with E-state index < -0.39 is 17.1 Å². The highest BCUT2D eigenvalue weighted by Gasteiger charge is 2.64. The van der Waals surface area contributed by atoms with Gasteiger partial charge in [0, 0.05) is 20.1 Å². The molecule has 18 heavy (non-hydrogen) atoms. The standard InChI is InChI=1S/C13H18O5/c1-12-6-5-8(7-9(12)10(14)16-2)13(17-3,18-4)11(12)15/h5-6,8-9H,7H2,1-4H3/t8-,9-,12+/m1/s1. The number of carbonyl (C=O) groups excluding carboxylic acids is 2. The number of esters is 1. The Kier molecular flexibility index (Phi) is 3.07. The van der Waals surface area contributed by atoms with Crippen molar-refractivity contribution in [3.8, 4) is 0 Å². The Morgan fingerprint density at radius 2 is 1.94 bits per heavy atom. The van der Waals surface area contributed by atoms with Crippen molar-refractivity contribution in [3.05, 3.63) is 12.2 Å². The molecule has 0 N–H and O–H groups in total. The van der Waals surface area contributed by atoms with Gasteiger partial charge in [-0.15, -0.1) is 0 Å². The van der Waals surface area contributed by atoms with Gasteiger partial charge in [0.25, 0.3) is 0 Å². The zero-order valence-corrected chi connectivity index (χ0v) is 11.1. The van der Waals surface area contributed by atoms with Crippen LogP contribution in [0, 0.1) is 17.3 Å². The van der Waals surface area contributed by atoms with Gasteiger partial charge in [-0.2, -0.15) is 0 Å². The van der Waals surface area contributed by atoms with Gasteiger partial charge in [-0.05, 0) is 13.3 Å². The lowest BCUT2D eigenvalue weighted by Gasteiger charge is -2.52. The average molecular weight is 254 g/mol. The number of hydrogen-bond acceptors (Lipinski definition) is 5. The van der Waals surface area contributed by atoms with Crippen molar-refractivity contribution in [3.63, 3.8) is 0 Å². The van der Waals surface area contributed by atoms with Gasteiger partial charge in [-0.25, -0.2) is 0 Å². The minimum atomic E-state index is -1.27. The van der Waals surface area contributed by atoms with E-state index in [0.29, 0.717) is 6.42 Å². The fourth-order valence-electron chi connectivity index (χ4n) is 3.12. The molecule has 0 saturated heterocycles. The Hall–Kier alpha value is -1.20. The molecule has 3 aliphatic carbocycles. The molecule has 100 valence electrons. The van der Waals surface area contributed by atoms with Crippen LogP contribution in [-0.4, -0.2) is 38.9 Å². The molecule has 3 aliphatic rings. The molecule has 0 unspecified atom stereocenters. The molecule has 0 aromatic carbocycles. The average Bonchev–Trinajstić information content (AvgIpc) is 2.40. The maximum absolute atomic E-state index is 12.6. The van der Waals surface area contributed by atoms with Crippen molar-refractivity contribution in [2.24, 2.45) is 17.3 Å². The molecule has 0 amide bonds. The van der Waals surface area contributed by atoms with E-state index in [9.17, 15) is 9.59 Å². The Labute approximate surface area is 106 Å². The van der Waals surface area contributed by atoms with Crippen LogP contribution in [0.25, 0.3) is 0 Å². The van der Waals surface area contributed by atoms with Crippen molar-refractivity contribution >= 4 is 11.8 Å². The summed E-state index contributed by atoms with van der Waals surface area (Å²) in [5.41, 5.74) is -0.923. The van der Waals surface area contributed by atoms with Gasteiger partial charge in [0.2, 0.25) is 11.6 Å². The number of hydrogen-bond donors (Lipinski definition) is 0. The van der Waals surface area contributed by atoms with Crippen LogP contribution in [-0.2, 0) is 23.8 Å². The van der Waals surface area contributed by atoms with Crippen LogP contribution in [0.15, 0.2) is 12.2 Å². The van der Waals surface area contributed by atoms with Gasteiger partial charge in [-0.3, -0.25) is 9.59 Å². The number of methoxy groups -OCH3 is 3. The summed E-state index contributed by atoms with van der Waals surface area (Å²) in [6, 6.07) is 0. The molecule has 3 rings (SSSR count). The molecular formula is C13H18O5. The van der Waals surface area contributed by atoms with Crippen LogP contribution >= 0.6 is 0 Å². The molecule has 2 bridgehead atoms. The van der Waals surface area contributed by atoms with Crippen LogP contribution in [0.5, 0.6) is 0 Å². The Bertz CT molecular complexity index is 410. The smallest absolute Gasteiger partial charge is 0.310 e. The first-order valence-corrected chi connectivity index (χ1v) is 5.88. The number of allylic oxidation sites excluding steroid dienone is 1. The minimum absolute atomic E-state index is 0.214. The highest BCUT2D eigenvalue weighted by molar-refractivity contribution is 5.99. The van der Waals surface area contributed by atoms with E-state index in [1.807, 2.05) is 6.08 Å². The maximum Gasteiger partial charge on any atom is 0.310 e. The van der Waals surface area contributed by atoms with Crippen LogP contribution < -0.4 is 0 Å². The van der Waals surface area contributed by atoms with Gasteiger partial charge in [0.1, 0.15) is 0 Å². The second-order valence-electron chi connectivity index (χ2n) is 4.96. The van der Waals surface area contributed by atoms with Gasteiger partial charge < -0.3 is 14.2 Å². The predicted octanol–water partition coefficient (Wildman–Crippen LogP) is 0.930. The van der Waals surface area contributed by atoms with E-state index >= 15 is 0 Å². The van der Waals surface area contributed by atoms with Gasteiger partial charge in [0.15, 0.2) is 0 Å². The molecule has 0 aromatic rings. The molecule has 3 atom stereocenters. The third kappa shape index (κ3) is 1.40. The fraction of sp³-hybridized carbons (Fsp3) is 0.692. The SMILES string of the molecule is COC(=O)[C@H]1C[C@H]2C=C[C@]1(C)C(=O)C2(OC)OC. The highest BCUT2D eigenvalue weighted by Crippen LogP contribution is 2.53. The topological polar surface area (TPSA) is 61.8 Å². The summed E-state index contributed by atoms with van der Waals surface area (Å²) in [6.07, 6.45) is 4.17. The van der Waals surface area contributed by atoms with E-state index in [0.717, 1.165) is 0 Å². The lowest BCUT2D eigenvalue weighted by atomic mass is 9.56. The van der Waals surface area contributed by atoms with Crippen molar-refractivity contribution in [1.29, 1.82) is 0 Å². The van der Waals surface area contributed by atoms with Crippen LogP contribution in [0.3, 0.4) is 0 Å². The monoisotopic (exact) mass is 254 g/mol. The molecule has 0 spiro atoms. The quantitative estimate of drug-likeness (QED) is 0.426. The Morgan fingerprint density at radius 1 is 1.33 bits per heavy atom. The Morgan fingerprint density at radius 3 is 2.44 bits per heavy atom. The van der Waals surface area contributed by atoms with Crippen molar-refractivity contribution < 1.29 is 23.8 Å². The van der Waals surface area contributed by atoms with Crippen molar-refractivity contribution in [2.75, 3.05) is 21.3 Å². The number of fused-ring (bicyclic) bond motifs is 2. The minimum Gasteiger partial charge on any atom is -0.469 e. The Balaban J connectivity index is 2.47. The van der Waals surface area contributed by atoms with Gasteiger partial charge >= 0.3 is 5.97 Å². The zero-order chi connectivity index (χ0) is 13.6. The maximum atomic E-state index is 12.6. The van der Waals surface area contributed by atoms with Crippen molar-refractivity contribution in [2.45, 2.75) is 19.1 Å². The molecule has 5 heteroatoms.